The Balaban J connectivity index is 1.72. The normalized spacial score (nSPS) is 16.0. The van der Waals surface area contributed by atoms with E-state index in [4.69, 9.17) is 4.42 Å². The molecule has 22 heavy (non-hydrogen) atoms. The maximum absolute atomic E-state index is 12.2. The van der Waals surface area contributed by atoms with E-state index in [9.17, 15) is 9.59 Å². The van der Waals surface area contributed by atoms with Crippen LogP contribution in [-0.2, 0) is 4.79 Å². The molecule has 122 valence electrons. The van der Waals surface area contributed by atoms with Gasteiger partial charge in [0.1, 0.15) is 6.26 Å². The molecule has 1 aromatic heterocycles. The molecule has 1 fully saturated rings. The fourth-order valence-corrected chi connectivity index (χ4v) is 2.59. The van der Waals surface area contributed by atoms with E-state index in [1.54, 1.807) is 11.0 Å². The molecule has 1 saturated heterocycles. The number of piperidine rings is 1. The minimum Gasteiger partial charge on any atom is -0.472 e. The second kappa shape index (κ2) is 7.98. The maximum Gasteiger partial charge on any atom is 0.257 e. The highest BCUT2D eigenvalue weighted by Gasteiger charge is 2.27. The van der Waals surface area contributed by atoms with E-state index in [2.05, 4.69) is 17.1 Å². The molecular formula is C16H25N3O3. The lowest BCUT2D eigenvalue weighted by Gasteiger charge is -2.31. The van der Waals surface area contributed by atoms with Crippen molar-refractivity contribution >= 4 is 11.8 Å². The maximum atomic E-state index is 12.2. The van der Waals surface area contributed by atoms with Gasteiger partial charge in [-0.1, -0.05) is 6.92 Å². The first-order chi connectivity index (χ1) is 10.6. The molecule has 2 heterocycles. The molecule has 0 radical (unpaired) electrons. The summed E-state index contributed by atoms with van der Waals surface area (Å²) in [4.78, 5) is 28.3. The van der Waals surface area contributed by atoms with Gasteiger partial charge in [0.05, 0.1) is 11.8 Å². The van der Waals surface area contributed by atoms with Gasteiger partial charge in [0.15, 0.2) is 0 Å². The number of carbonyl (C=O) groups excluding carboxylic acids is 2. The molecule has 0 atom stereocenters. The number of rotatable bonds is 6. The summed E-state index contributed by atoms with van der Waals surface area (Å²) in [7, 11) is 2.03. The number of likely N-dealkylation sites (N-methyl/N-ethyl adjacent to an activating group) is 1. The summed E-state index contributed by atoms with van der Waals surface area (Å²) in [6.07, 6.45) is 4.41. The molecular weight excluding hydrogens is 282 g/mol. The predicted molar refractivity (Wildman–Crippen MR) is 83.5 cm³/mol. The quantitative estimate of drug-likeness (QED) is 0.857. The highest BCUT2D eigenvalue weighted by Crippen LogP contribution is 2.19. The second-order valence-corrected chi connectivity index (χ2v) is 5.77. The van der Waals surface area contributed by atoms with Crippen LogP contribution in [0.3, 0.4) is 0 Å². The third-order valence-corrected chi connectivity index (χ3v) is 4.25. The summed E-state index contributed by atoms with van der Waals surface area (Å²) in [6, 6.07) is 1.67. The van der Waals surface area contributed by atoms with Gasteiger partial charge in [-0.05, 0) is 32.5 Å². The predicted octanol–water partition coefficient (Wildman–Crippen LogP) is 1.20. The second-order valence-electron chi connectivity index (χ2n) is 5.77. The van der Waals surface area contributed by atoms with Gasteiger partial charge in [0, 0.05) is 32.1 Å². The van der Waals surface area contributed by atoms with Gasteiger partial charge in [0.25, 0.3) is 5.91 Å². The number of likely N-dealkylation sites (tertiary alicyclic amines) is 1. The molecule has 2 rings (SSSR count). The van der Waals surface area contributed by atoms with Crippen molar-refractivity contribution in [3.05, 3.63) is 24.2 Å². The van der Waals surface area contributed by atoms with E-state index >= 15 is 0 Å². The van der Waals surface area contributed by atoms with Gasteiger partial charge in [-0.3, -0.25) is 9.59 Å². The molecule has 0 bridgehead atoms. The molecule has 0 aromatic carbocycles. The minimum absolute atomic E-state index is 0.0142. The van der Waals surface area contributed by atoms with Crippen LogP contribution in [0.5, 0.6) is 0 Å². The molecule has 0 unspecified atom stereocenters. The SMILES string of the molecule is CCN(C)CCNC(=O)C1CCN(C(=O)c2ccoc2)CC1. The highest BCUT2D eigenvalue weighted by atomic mass is 16.3. The number of nitrogens with zero attached hydrogens (tertiary/aromatic N) is 2. The Labute approximate surface area is 131 Å². The Bertz CT molecular complexity index is 479. The Hall–Kier alpha value is -1.82. The third-order valence-electron chi connectivity index (χ3n) is 4.25. The Kier molecular flexibility index (Phi) is 6.00. The van der Waals surface area contributed by atoms with E-state index in [1.165, 1.54) is 12.5 Å². The van der Waals surface area contributed by atoms with Crippen molar-refractivity contribution in [3.8, 4) is 0 Å². The van der Waals surface area contributed by atoms with Crippen molar-refractivity contribution < 1.29 is 14.0 Å². The van der Waals surface area contributed by atoms with Crippen molar-refractivity contribution in [3.63, 3.8) is 0 Å². The first-order valence-corrected chi connectivity index (χ1v) is 7.89. The zero-order valence-corrected chi connectivity index (χ0v) is 13.4. The van der Waals surface area contributed by atoms with Gasteiger partial charge in [-0.15, -0.1) is 0 Å². The monoisotopic (exact) mass is 307 g/mol. The lowest BCUT2D eigenvalue weighted by Crippen LogP contribution is -2.44. The summed E-state index contributed by atoms with van der Waals surface area (Å²) < 4.78 is 4.94. The van der Waals surface area contributed by atoms with Gasteiger partial charge < -0.3 is 19.5 Å². The molecule has 6 heteroatoms. The van der Waals surface area contributed by atoms with Crippen LogP contribution >= 0.6 is 0 Å². The average Bonchev–Trinajstić information content (AvgIpc) is 3.08. The zero-order valence-electron chi connectivity index (χ0n) is 13.4. The van der Waals surface area contributed by atoms with E-state index in [0.29, 0.717) is 25.2 Å². The largest absolute Gasteiger partial charge is 0.472 e. The zero-order chi connectivity index (χ0) is 15.9. The molecule has 2 amide bonds. The molecule has 1 aliphatic heterocycles. The molecule has 1 aliphatic rings. The summed E-state index contributed by atoms with van der Waals surface area (Å²) >= 11 is 0. The average molecular weight is 307 g/mol. The van der Waals surface area contributed by atoms with Crippen LogP contribution in [0.25, 0.3) is 0 Å². The van der Waals surface area contributed by atoms with Crippen molar-refractivity contribution in [2.75, 3.05) is 39.8 Å². The number of amides is 2. The smallest absolute Gasteiger partial charge is 0.257 e. The van der Waals surface area contributed by atoms with Gasteiger partial charge in [-0.2, -0.15) is 0 Å². The summed E-state index contributed by atoms with van der Waals surface area (Å²) in [5.41, 5.74) is 0.575. The van der Waals surface area contributed by atoms with Crippen LogP contribution in [0, 0.1) is 5.92 Å². The fraction of sp³-hybridized carbons (Fsp3) is 0.625. The van der Waals surface area contributed by atoms with Crippen LogP contribution in [0.4, 0.5) is 0 Å². The highest BCUT2D eigenvalue weighted by molar-refractivity contribution is 5.94. The van der Waals surface area contributed by atoms with Crippen LogP contribution in [-0.4, -0.2) is 61.4 Å². The number of carbonyl (C=O) groups is 2. The Morgan fingerprint density at radius 2 is 2.14 bits per heavy atom. The van der Waals surface area contributed by atoms with Crippen LogP contribution < -0.4 is 5.32 Å². The van der Waals surface area contributed by atoms with E-state index < -0.39 is 0 Å². The molecule has 6 nitrogen and oxygen atoms in total. The number of hydrogen-bond acceptors (Lipinski definition) is 4. The third kappa shape index (κ3) is 4.34. The first kappa shape index (κ1) is 16.5. The van der Waals surface area contributed by atoms with Crippen LogP contribution in [0.1, 0.15) is 30.1 Å². The van der Waals surface area contributed by atoms with E-state index in [1.807, 2.05) is 7.05 Å². The molecule has 0 spiro atoms. The topological polar surface area (TPSA) is 65.8 Å². The van der Waals surface area contributed by atoms with Crippen molar-refractivity contribution in [1.82, 2.24) is 15.1 Å². The lowest BCUT2D eigenvalue weighted by atomic mass is 9.95. The number of furan rings is 1. The summed E-state index contributed by atoms with van der Waals surface area (Å²) in [5, 5.41) is 2.99. The van der Waals surface area contributed by atoms with Gasteiger partial charge >= 0.3 is 0 Å². The number of hydrogen-bond donors (Lipinski definition) is 1. The van der Waals surface area contributed by atoms with Crippen molar-refractivity contribution in [1.29, 1.82) is 0 Å². The fourth-order valence-electron chi connectivity index (χ4n) is 2.59. The summed E-state index contributed by atoms with van der Waals surface area (Å²) in [6.45, 7) is 5.85. The standard InChI is InChI=1S/C16H25N3O3/c1-3-18(2)10-7-17-15(20)13-4-8-19(9-5-13)16(21)14-6-11-22-12-14/h6,11-13H,3-5,7-10H2,1-2H3,(H,17,20). The van der Waals surface area contributed by atoms with Crippen molar-refractivity contribution in [2.24, 2.45) is 5.92 Å². The number of nitrogens with one attached hydrogen (secondary N) is 1. The molecule has 1 N–H and O–H groups in total. The minimum atomic E-state index is -0.0165. The first-order valence-electron chi connectivity index (χ1n) is 7.89. The summed E-state index contributed by atoms with van der Waals surface area (Å²) in [5.74, 6) is 0.109. The lowest BCUT2D eigenvalue weighted by molar-refractivity contribution is -0.126. The Morgan fingerprint density at radius 1 is 1.41 bits per heavy atom. The van der Waals surface area contributed by atoms with Crippen LogP contribution in [0.15, 0.2) is 23.0 Å². The van der Waals surface area contributed by atoms with Crippen molar-refractivity contribution in [2.45, 2.75) is 19.8 Å². The molecule has 0 aliphatic carbocycles. The van der Waals surface area contributed by atoms with Crippen LogP contribution in [0.2, 0.25) is 0 Å². The van der Waals surface area contributed by atoms with Gasteiger partial charge in [0.2, 0.25) is 5.91 Å². The van der Waals surface area contributed by atoms with Gasteiger partial charge in [-0.25, -0.2) is 0 Å². The Morgan fingerprint density at radius 3 is 2.73 bits per heavy atom. The molecule has 0 saturated carbocycles. The molecule has 1 aromatic rings. The van der Waals surface area contributed by atoms with E-state index in [0.717, 1.165) is 25.9 Å². The van der Waals surface area contributed by atoms with E-state index in [-0.39, 0.29) is 17.7 Å².